The Morgan fingerprint density at radius 1 is 1.12 bits per heavy atom. The third-order valence-corrected chi connectivity index (χ3v) is 11.6. The molecule has 0 spiro atoms. The molecular formula is C31H33N3O5S2. The van der Waals surface area contributed by atoms with Crippen molar-refractivity contribution >= 4 is 32.3 Å². The summed E-state index contributed by atoms with van der Waals surface area (Å²) in [7, 11) is -3.69. The molecule has 1 amide bonds. The van der Waals surface area contributed by atoms with Crippen molar-refractivity contribution in [2.45, 2.75) is 64.3 Å². The molecule has 2 aliphatic heterocycles. The van der Waals surface area contributed by atoms with Gasteiger partial charge in [-0.1, -0.05) is 26.8 Å². The van der Waals surface area contributed by atoms with Crippen LogP contribution in [0.4, 0.5) is 5.00 Å². The molecule has 1 aromatic heterocycles. The largest absolute Gasteiger partial charge is 0.454 e. The SMILES string of the molecule is Cc1c(Cc2ccc3c(c2)OCO3)sc(NC(=O)c2ccc(S(=O)(=O)N3CC4(C)CC3CC(C)(C)C4)cc2)c1C#N. The molecule has 1 N–H and O–H groups in total. The van der Waals surface area contributed by atoms with Crippen molar-refractivity contribution in [3.8, 4) is 17.6 Å². The van der Waals surface area contributed by atoms with Gasteiger partial charge < -0.3 is 14.8 Å². The van der Waals surface area contributed by atoms with Crippen LogP contribution < -0.4 is 14.8 Å². The van der Waals surface area contributed by atoms with Crippen LogP contribution in [-0.2, 0) is 16.4 Å². The number of sulfonamides is 1. The van der Waals surface area contributed by atoms with Crippen LogP contribution in [0, 0.1) is 29.1 Å². The summed E-state index contributed by atoms with van der Waals surface area (Å²) < 4.78 is 39.8. The lowest BCUT2D eigenvalue weighted by atomic mass is 9.65. The maximum absolute atomic E-state index is 13.6. The number of hydrogen-bond donors (Lipinski definition) is 1. The maximum Gasteiger partial charge on any atom is 0.256 e. The first-order valence-electron chi connectivity index (χ1n) is 13.7. The number of nitriles is 1. The van der Waals surface area contributed by atoms with E-state index in [0.717, 1.165) is 35.3 Å². The molecule has 41 heavy (non-hydrogen) atoms. The molecule has 214 valence electrons. The minimum atomic E-state index is -3.69. The second-order valence-corrected chi connectivity index (χ2v) is 15.6. The highest BCUT2D eigenvalue weighted by Gasteiger charge is 2.53. The second kappa shape index (κ2) is 9.86. The average molecular weight is 592 g/mol. The molecule has 0 radical (unpaired) electrons. The number of nitrogens with one attached hydrogen (secondary N) is 1. The van der Waals surface area contributed by atoms with E-state index in [2.05, 4.69) is 32.2 Å². The fourth-order valence-electron chi connectivity index (χ4n) is 6.97. The average Bonchev–Trinajstić information content (AvgIpc) is 3.57. The second-order valence-electron chi connectivity index (χ2n) is 12.6. The lowest BCUT2D eigenvalue weighted by Gasteiger charge is -2.39. The van der Waals surface area contributed by atoms with Gasteiger partial charge in [0.1, 0.15) is 11.1 Å². The van der Waals surface area contributed by atoms with E-state index in [1.165, 1.54) is 35.6 Å². The molecular weight excluding hydrogens is 558 g/mol. The van der Waals surface area contributed by atoms with E-state index < -0.39 is 15.9 Å². The van der Waals surface area contributed by atoms with Gasteiger partial charge in [-0.25, -0.2) is 8.42 Å². The molecule has 2 unspecified atom stereocenters. The number of thiophene rings is 1. The molecule has 2 aromatic carbocycles. The third kappa shape index (κ3) is 5.11. The van der Waals surface area contributed by atoms with Crippen molar-refractivity contribution in [2.75, 3.05) is 18.7 Å². The molecule has 8 nitrogen and oxygen atoms in total. The number of anilines is 1. The van der Waals surface area contributed by atoms with Crippen LogP contribution in [0.15, 0.2) is 47.4 Å². The van der Waals surface area contributed by atoms with E-state index >= 15 is 0 Å². The first-order chi connectivity index (χ1) is 19.4. The summed E-state index contributed by atoms with van der Waals surface area (Å²) in [6.45, 7) is 9.22. The molecule has 3 aliphatic rings. The third-order valence-electron chi connectivity index (χ3n) is 8.48. The molecule has 1 saturated carbocycles. The number of nitrogens with zero attached hydrogens (tertiary/aromatic N) is 2. The van der Waals surface area contributed by atoms with E-state index in [4.69, 9.17) is 9.47 Å². The standard InChI is InChI=1S/C31H33N3O5S2/c1-19-24(15-32)29(40-27(19)12-20-5-10-25-26(11-20)39-18-38-25)33-28(35)21-6-8-23(9-7-21)41(36,37)34-17-31(4)14-22(34)13-30(2,3)16-31/h5-11,22H,12-14,16-18H2,1-4H3,(H,33,35). The smallest absolute Gasteiger partial charge is 0.256 e. The van der Waals surface area contributed by atoms with Crippen LogP contribution in [0.25, 0.3) is 0 Å². The van der Waals surface area contributed by atoms with Gasteiger partial charge >= 0.3 is 0 Å². The van der Waals surface area contributed by atoms with Crippen molar-refractivity contribution in [2.24, 2.45) is 10.8 Å². The van der Waals surface area contributed by atoms with Crippen LogP contribution in [0.1, 0.15) is 72.0 Å². The number of ether oxygens (including phenoxy) is 2. The lowest BCUT2D eigenvalue weighted by Crippen LogP contribution is -2.37. The summed E-state index contributed by atoms with van der Waals surface area (Å²) in [6.07, 6.45) is 3.32. The van der Waals surface area contributed by atoms with Crippen molar-refractivity contribution in [1.82, 2.24) is 4.31 Å². The first kappa shape index (κ1) is 27.8. The Labute approximate surface area is 244 Å². The molecule has 10 heteroatoms. The lowest BCUT2D eigenvalue weighted by molar-refractivity contribution is 0.102. The Balaban J connectivity index is 1.18. The van der Waals surface area contributed by atoms with Gasteiger partial charge in [0.05, 0.1) is 10.5 Å². The molecule has 6 rings (SSSR count). The summed E-state index contributed by atoms with van der Waals surface area (Å²) >= 11 is 1.37. The van der Waals surface area contributed by atoms with E-state index in [1.54, 1.807) is 4.31 Å². The minimum absolute atomic E-state index is 0.00458. The van der Waals surface area contributed by atoms with Gasteiger partial charge in [0.25, 0.3) is 5.91 Å². The highest BCUT2D eigenvalue weighted by Crippen LogP contribution is 2.53. The molecule has 2 atom stereocenters. The predicted molar refractivity (Wildman–Crippen MR) is 157 cm³/mol. The maximum atomic E-state index is 13.6. The van der Waals surface area contributed by atoms with Gasteiger partial charge in [-0.3, -0.25) is 4.79 Å². The monoisotopic (exact) mass is 591 g/mol. The van der Waals surface area contributed by atoms with Crippen molar-refractivity contribution < 1.29 is 22.7 Å². The van der Waals surface area contributed by atoms with Crippen LogP contribution in [0.3, 0.4) is 0 Å². The van der Waals surface area contributed by atoms with Gasteiger partial charge in [0, 0.05) is 29.4 Å². The molecule has 1 saturated heterocycles. The summed E-state index contributed by atoms with van der Waals surface area (Å²) in [5.74, 6) is 1.01. The fourth-order valence-corrected chi connectivity index (χ4v) is 9.93. The van der Waals surface area contributed by atoms with Crippen LogP contribution >= 0.6 is 11.3 Å². The van der Waals surface area contributed by atoms with Gasteiger partial charge in [-0.15, -0.1) is 11.3 Å². The summed E-state index contributed by atoms with van der Waals surface area (Å²) in [5, 5.41) is 13.2. The van der Waals surface area contributed by atoms with Gasteiger partial charge in [0.2, 0.25) is 16.8 Å². The predicted octanol–water partition coefficient (Wildman–Crippen LogP) is 6.09. The summed E-state index contributed by atoms with van der Waals surface area (Å²) in [6, 6.07) is 14.1. The highest BCUT2D eigenvalue weighted by molar-refractivity contribution is 7.89. The van der Waals surface area contributed by atoms with E-state index in [9.17, 15) is 18.5 Å². The summed E-state index contributed by atoms with van der Waals surface area (Å²) in [4.78, 5) is 14.3. The Kier molecular flexibility index (Phi) is 6.68. The van der Waals surface area contributed by atoms with Gasteiger partial charge in [-0.2, -0.15) is 9.57 Å². The number of amides is 1. The Morgan fingerprint density at radius 3 is 2.59 bits per heavy atom. The minimum Gasteiger partial charge on any atom is -0.454 e. The van der Waals surface area contributed by atoms with Crippen molar-refractivity contribution in [1.29, 1.82) is 5.26 Å². The normalized spacial score (nSPS) is 22.9. The number of fused-ring (bicyclic) bond motifs is 3. The van der Waals surface area contributed by atoms with Gasteiger partial charge in [0.15, 0.2) is 11.5 Å². The van der Waals surface area contributed by atoms with E-state index in [1.807, 2.05) is 25.1 Å². The number of rotatable bonds is 6. The van der Waals surface area contributed by atoms with Crippen molar-refractivity contribution in [3.63, 3.8) is 0 Å². The molecule has 2 bridgehead atoms. The van der Waals surface area contributed by atoms with Crippen LogP contribution in [0.2, 0.25) is 0 Å². The molecule has 3 heterocycles. The number of carbonyl (C=O) groups is 1. The highest BCUT2D eigenvalue weighted by atomic mass is 32.2. The number of carbonyl (C=O) groups excluding carboxylic acids is 1. The number of benzene rings is 2. The fraction of sp³-hybridized carbons (Fsp3) is 0.419. The zero-order chi connectivity index (χ0) is 29.2. The zero-order valence-corrected chi connectivity index (χ0v) is 25.2. The Hall–Kier alpha value is -3.39. The van der Waals surface area contributed by atoms with Crippen LogP contribution in [0.5, 0.6) is 11.5 Å². The molecule has 3 aromatic rings. The quantitative estimate of drug-likeness (QED) is 0.372. The Morgan fingerprint density at radius 2 is 1.85 bits per heavy atom. The topological polar surface area (TPSA) is 109 Å². The first-order valence-corrected chi connectivity index (χ1v) is 16.0. The molecule has 2 fully saturated rings. The van der Waals surface area contributed by atoms with E-state index in [0.29, 0.717) is 40.6 Å². The van der Waals surface area contributed by atoms with Crippen molar-refractivity contribution in [3.05, 3.63) is 69.6 Å². The number of hydrogen-bond acceptors (Lipinski definition) is 7. The Bertz CT molecular complexity index is 1690. The van der Waals surface area contributed by atoms with E-state index in [-0.39, 0.29) is 28.6 Å². The summed E-state index contributed by atoms with van der Waals surface area (Å²) in [5.41, 5.74) is 2.67. The van der Waals surface area contributed by atoms with Crippen LogP contribution in [-0.4, -0.2) is 38.0 Å². The zero-order valence-electron chi connectivity index (χ0n) is 23.6. The molecule has 1 aliphatic carbocycles. The van der Waals surface area contributed by atoms with Gasteiger partial charge in [-0.05, 0) is 84.5 Å².